The number of carbonyl (C=O) groups excluding carboxylic acids is 3. The van der Waals surface area contributed by atoms with Crippen molar-refractivity contribution in [3.63, 3.8) is 0 Å². The van der Waals surface area contributed by atoms with Crippen LogP contribution >= 0.6 is 0 Å². The Hall–Kier alpha value is -3.14. The van der Waals surface area contributed by atoms with Gasteiger partial charge in [-0.2, -0.15) is 0 Å². The standard InChI is InChI=1S/C20H26N6O4/c1-11(2)10-25-18-13(16(27)24-14-5-3-4-8-21-14)9-22-26(18)20(30)15(19(25)29)17(28)23-12-6-7-12/h3-5,8,11-13,18,22,29H,6-7,9-10H2,1-2H3,(H,23,28)(H,21,24,27). The Bertz CT molecular complexity index is 883. The van der Waals surface area contributed by atoms with E-state index in [1.807, 2.05) is 13.8 Å². The molecule has 160 valence electrons. The van der Waals surface area contributed by atoms with Crippen molar-refractivity contribution in [2.75, 3.05) is 18.4 Å². The molecule has 2 unspecified atom stereocenters. The van der Waals surface area contributed by atoms with E-state index in [4.69, 9.17) is 0 Å². The predicted octanol–water partition coefficient (Wildman–Crippen LogP) is 0.329. The summed E-state index contributed by atoms with van der Waals surface area (Å²) in [5.41, 5.74) is 2.64. The number of pyridine rings is 1. The number of hydrogen-bond acceptors (Lipinski definition) is 7. The van der Waals surface area contributed by atoms with Crippen molar-refractivity contribution in [2.45, 2.75) is 38.9 Å². The van der Waals surface area contributed by atoms with E-state index in [2.05, 4.69) is 21.0 Å². The third-order valence-corrected chi connectivity index (χ3v) is 5.31. The number of nitrogens with one attached hydrogen (secondary N) is 3. The van der Waals surface area contributed by atoms with E-state index in [0.717, 1.165) is 12.8 Å². The van der Waals surface area contributed by atoms with Crippen molar-refractivity contribution in [3.8, 4) is 0 Å². The maximum absolute atomic E-state index is 13.0. The largest absolute Gasteiger partial charge is 0.494 e. The zero-order chi connectivity index (χ0) is 21.4. The van der Waals surface area contributed by atoms with E-state index in [0.29, 0.717) is 12.4 Å². The number of aliphatic hydroxyl groups is 1. The third-order valence-electron chi connectivity index (χ3n) is 5.31. The first-order valence-electron chi connectivity index (χ1n) is 10.2. The fraction of sp³-hybridized carbons (Fsp3) is 0.500. The van der Waals surface area contributed by atoms with Crippen molar-refractivity contribution >= 4 is 23.5 Å². The Labute approximate surface area is 174 Å². The predicted molar refractivity (Wildman–Crippen MR) is 107 cm³/mol. The summed E-state index contributed by atoms with van der Waals surface area (Å²) in [4.78, 5) is 44.3. The van der Waals surface area contributed by atoms with E-state index in [1.165, 1.54) is 5.01 Å². The highest BCUT2D eigenvalue weighted by Gasteiger charge is 2.52. The van der Waals surface area contributed by atoms with Crippen LogP contribution < -0.4 is 16.1 Å². The first kappa shape index (κ1) is 20.1. The normalized spacial score (nSPS) is 23.6. The molecule has 2 aliphatic heterocycles. The molecule has 0 aromatic carbocycles. The van der Waals surface area contributed by atoms with Crippen molar-refractivity contribution in [1.29, 1.82) is 0 Å². The smallest absolute Gasteiger partial charge is 0.280 e. The highest BCUT2D eigenvalue weighted by Crippen LogP contribution is 2.32. The molecule has 0 spiro atoms. The van der Waals surface area contributed by atoms with Crippen LogP contribution in [-0.2, 0) is 14.4 Å². The summed E-state index contributed by atoms with van der Waals surface area (Å²) in [5.74, 6) is -2.07. The molecule has 1 saturated carbocycles. The second kappa shape index (κ2) is 7.94. The topological polar surface area (TPSA) is 127 Å². The second-order valence-corrected chi connectivity index (χ2v) is 8.25. The van der Waals surface area contributed by atoms with Crippen LogP contribution in [0.4, 0.5) is 5.82 Å². The van der Waals surface area contributed by atoms with Crippen molar-refractivity contribution in [1.82, 2.24) is 25.6 Å². The van der Waals surface area contributed by atoms with Crippen LogP contribution in [0.3, 0.4) is 0 Å². The Morgan fingerprint density at radius 2 is 2.10 bits per heavy atom. The molecule has 1 aromatic rings. The summed E-state index contributed by atoms with van der Waals surface area (Å²) in [6.45, 7) is 4.48. The number of hydrazine groups is 1. The molecule has 3 amide bonds. The molecular weight excluding hydrogens is 388 g/mol. The number of anilines is 1. The summed E-state index contributed by atoms with van der Waals surface area (Å²) < 4.78 is 0. The lowest BCUT2D eigenvalue weighted by Gasteiger charge is -2.42. The summed E-state index contributed by atoms with van der Waals surface area (Å²) in [6, 6.07) is 5.23. The molecule has 3 aliphatic rings. The van der Waals surface area contributed by atoms with Crippen LogP contribution in [0.5, 0.6) is 0 Å². The monoisotopic (exact) mass is 414 g/mol. The van der Waals surface area contributed by atoms with Gasteiger partial charge in [0.2, 0.25) is 11.8 Å². The summed E-state index contributed by atoms with van der Waals surface area (Å²) in [5, 5.41) is 17.7. The number of amides is 3. The first-order valence-corrected chi connectivity index (χ1v) is 10.2. The Morgan fingerprint density at radius 1 is 1.33 bits per heavy atom. The number of carbonyl (C=O) groups is 3. The van der Waals surface area contributed by atoms with Crippen LogP contribution in [0.2, 0.25) is 0 Å². The third kappa shape index (κ3) is 3.82. The maximum atomic E-state index is 13.0. The fourth-order valence-corrected chi connectivity index (χ4v) is 3.76. The van der Waals surface area contributed by atoms with Gasteiger partial charge in [-0.25, -0.2) is 15.4 Å². The first-order chi connectivity index (χ1) is 14.4. The molecule has 2 fully saturated rings. The number of rotatable bonds is 6. The molecule has 1 saturated heterocycles. The average molecular weight is 414 g/mol. The molecule has 4 rings (SSSR count). The van der Waals surface area contributed by atoms with E-state index < -0.39 is 23.9 Å². The lowest BCUT2D eigenvalue weighted by Crippen LogP contribution is -2.60. The van der Waals surface area contributed by atoms with Gasteiger partial charge in [-0.1, -0.05) is 19.9 Å². The molecule has 0 radical (unpaired) electrons. The van der Waals surface area contributed by atoms with Gasteiger partial charge >= 0.3 is 0 Å². The van der Waals surface area contributed by atoms with E-state index >= 15 is 0 Å². The van der Waals surface area contributed by atoms with Crippen LogP contribution in [0.15, 0.2) is 35.9 Å². The molecule has 0 bridgehead atoms. The van der Waals surface area contributed by atoms with Gasteiger partial charge in [0, 0.05) is 25.3 Å². The molecular formula is C20H26N6O4. The Morgan fingerprint density at radius 3 is 2.73 bits per heavy atom. The van der Waals surface area contributed by atoms with Gasteiger partial charge < -0.3 is 20.6 Å². The molecule has 1 aromatic heterocycles. The lowest BCUT2D eigenvalue weighted by atomic mass is 10.0. The Kier molecular flexibility index (Phi) is 5.33. The highest BCUT2D eigenvalue weighted by atomic mass is 16.3. The van der Waals surface area contributed by atoms with Gasteiger partial charge in [0.25, 0.3) is 11.8 Å². The van der Waals surface area contributed by atoms with Gasteiger partial charge in [-0.05, 0) is 30.9 Å². The van der Waals surface area contributed by atoms with Gasteiger partial charge in [-0.15, -0.1) is 0 Å². The van der Waals surface area contributed by atoms with Crippen molar-refractivity contribution in [2.24, 2.45) is 11.8 Å². The number of hydrogen-bond donors (Lipinski definition) is 4. The minimum atomic E-state index is -0.749. The number of fused-ring (bicyclic) bond motifs is 1. The van der Waals surface area contributed by atoms with E-state index in [-0.39, 0.29) is 35.9 Å². The average Bonchev–Trinajstić information content (AvgIpc) is 3.39. The van der Waals surface area contributed by atoms with Gasteiger partial charge in [0.05, 0.1) is 5.92 Å². The minimum absolute atomic E-state index is 0.0466. The Balaban J connectivity index is 1.63. The molecule has 30 heavy (non-hydrogen) atoms. The molecule has 4 N–H and O–H groups in total. The summed E-state index contributed by atoms with van der Waals surface area (Å²) >= 11 is 0. The lowest BCUT2D eigenvalue weighted by molar-refractivity contribution is -0.143. The van der Waals surface area contributed by atoms with Crippen LogP contribution in [0.1, 0.15) is 26.7 Å². The number of nitrogens with zero attached hydrogens (tertiary/aromatic N) is 3. The van der Waals surface area contributed by atoms with Crippen LogP contribution in [0, 0.1) is 11.8 Å². The van der Waals surface area contributed by atoms with Gasteiger partial charge in [-0.3, -0.25) is 14.4 Å². The zero-order valence-electron chi connectivity index (χ0n) is 17.0. The van der Waals surface area contributed by atoms with Crippen LogP contribution in [-0.4, -0.2) is 63.0 Å². The molecule has 1 aliphatic carbocycles. The second-order valence-electron chi connectivity index (χ2n) is 8.25. The number of aliphatic hydroxyl groups excluding tert-OH is 1. The van der Waals surface area contributed by atoms with Crippen LogP contribution in [0.25, 0.3) is 0 Å². The molecule has 10 nitrogen and oxygen atoms in total. The number of aromatic nitrogens is 1. The minimum Gasteiger partial charge on any atom is -0.494 e. The van der Waals surface area contributed by atoms with Crippen molar-refractivity contribution < 1.29 is 19.5 Å². The summed E-state index contributed by atoms with van der Waals surface area (Å²) in [7, 11) is 0. The zero-order valence-corrected chi connectivity index (χ0v) is 17.0. The van der Waals surface area contributed by atoms with E-state index in [9.17, 15) is 19.5 Å². The van der Waals surface area contributed by atoms with Gasteiger partial charge in [0.1, 0.15) is 12.0 Å². The molecule has 3 heterocycles. The van der Waals surface area contributed by atoms with E-state index in [1.54, 1.807) is 29.3 Å². The molecule has 10 heteroatoms. The SMILES string of the molecule is CC(C)CN1C(O)=C(C(=O)NC2CC2)C(=O)N2NCC(C(=O)Nc3ccccn3)C12. The fourth-order valence-electron chi connectivity index (χ4n) is 3.76. The maximum Gasteiger partial charge on any atom is 0.280 e. The molecule has 2 atom stereocenters. The quantitative estimate of drug-likeness (QED) is 0.494. The van der Waals surface area contributed by atoms with Crippen molar-refractivity contribution in [3.05, 3.63) is 35.9 Å². The summed E-state index contributed by atoms with van der Waals surface area (Å²) in [6.07, 6.45) is 2.55. The highest BCUT2D eigenvalue weighted by molar-refractivity contribution is 6.19. The van der Waals surface area contributed by atoms with Gasteiger partial charge in [0.15, 0.2) is 5.57 Å².